The fraction of sp³-hybridized carbons (Fsp3) is 0.824. The molecule has 5 rings (SSSR count). The van der Waals surface area contributed by atoms with E-state index >= 15 is 0 Å². The van der Waals surface area contributed by atoms with Gasteiger partial charge in [0.05, 0.1) is 5.60 Å². The highest BCUT2D eigenvalue weighted by Gasteiger charge is 2.56. The predicted octanol–water partition coefficient (Wildman–Crippen LogP) is 1.36. The second-order valence-corrected chi connectivity index (χ2v) is 7.83. The van der Waals surface area contributed by atoms with Crippen molar-refractivity contribution in [2.75, 3.05) is 6.54 Å². The van der Waals surface area contributed by atoms with Gasteiger partial charge < -0.3 is 10.4 Å². The number of amides is 1. The van der Waals surface area contributed by atoms with Gasteiger partial charge in [-0.2, -0.15) is 5.10 Å². The Morgan fingerprint density at radius 2 is 1.91 bits per heavy atom. The number of hydrogen-bond acceptors (Lipinski definition) is 4. The highest BCUT2D eigenvalue weighted by atomic mass is 16.3. The summed E-state index contributed by atoms with van der Waals surface area (Å²) in [4.78, 5) is 16.0. The summed E-state index contributed by atoms with van der Waals surface area (Å²) in [6.45, 7) is 1.14. The van der Waals surface area contributed by atoms with E-state index in [1.165, 1.54) is 12.7 Å². The van der Waals surface area contributed by atoms with Crippen LogP contribution in [0.5, 0.6) is 0 Å². The fourth-order valence-electron chi connectivity index (χ4n) is 5.37. The average Bonchev–Trinajstić information content (AvgIpc) is 3.03. The lowest BCUT2D eigenvalue weighted by Gasteiger charge is -2.58. The van der Waals surface area contributed by atoms with E-state index in [0.29, 0.717) is 31.3 Å². The molecule has 23 heavy (non-hydrogen) atoms. The zero-order chi connectivity index (χ0) is 15.9. The molecule has 1 aromatic rings. The van der Waals surface area contributed by atoms with Gasteiger partial charge in [-0.25, -0.2) is 4.98 Å². The van der Waals surface area contributed by atoms with E-state index in [-0.39, 0.29) is 5.91 Å². The third-order valence-corrected chi connectivity index (χ3v) is 6.38. The van der Waals surface area contributed by atoms with Crippen LogP contribution in [-0.2, 0) is 11.3 Å². The number of nitrogens with zero attached hydrogens (tertiary/aromatic N) is 3. The van der Waals surface area contributed by atoms with E-state index in [0.717, 1.165) is 43.9 Å². The fourth-order valence-corrected chi connectivity index (χ4v) is 5.37. The van der Waals surface area contributed by atoms with Crippen molar-refractivity contribution in [3.63, 3.8) is 0 Å². The highest BCUT2D eigenvalue weighted by molar-refractivity contribution is 5.75. The number of aliphatic hydroxyl groups is 1. The molecule has 0 radical (unpaired) electrons. The molecule has 4 aliphatic rings. The Morgan fingerprint density at radius 1 is 1.22 bits per heavy atom. The highest BCUT2D eigenvalue weighted by Crippen LogP contribution is 2.58. The second-order valence-electron chi connectivity index (χ2n) is 7.83. The molecule has 126 valence electrons. The van der Waals surface area contributed by atoms with Crippen LogP contribution in [0.2, 0.25) is 0 Å². The molecular weight excluding hydrogens is 292 g/mol. The van der Waals surface area contributed by atoms with E-state index in [9.17, 15) is 9.90 Å². The van der Waals surface area contributed by atoms with Crippen molar-refractivity contribution in [2.45, 2.75) is 57.1 Å². The first kappa shape index (κ1) is 15.1. The summed E-state index contributed by atoms with van der Waals surface area (Å²) in [6, 6.07) is 0. The van der Waals surface area contributed by atoms with Crippen molar-refractivity contribution in [3.8, 4) is 0 Å². The van der Waals surface area contributed by atoms with E-state index in [2.05, 4.69) is 15.4 Å². The van der Waals surface area contributed by atoms with Gasteiger partial charge in [0.25, 0.3) is 0 Å². The molecule has 1 amide bonds. The van der Waals surface area contributed by atoms with Crippen LogP contribution in [0.1, 0.15) is 44.9 Å². The Bertz CT molecular complexity index is 529. The van der Waals surface area contributed by atoms with Crippen molar-refractivity contribution < 1.29 is 9.90 Å². The maximum absolute atomic E-state index is 12.1. The van der Waals surface area contributed by atoms with Crippen molar-refractivity contribution in [1.29, 1.82) is 0 Å². The molecule has 6 heteroatoms. The quantitative estimate of drug-likeness (QED) is 0.830. The van der Waals surface area contributed by atoms with Crippen LogP contribution >= 0.6 is 0 Å². The van der Waals surface area contributed by atoms with Gasteiger partial charge in [-0.05, 0) is 62.2 Å². The number of rotatable bonds is 6. The Morgan fingerprint density at radius 3 is 2.52 bits per heavy atom. The van der Waals surface area contributed by atoms with Crippen LogP contribution in [-0.4, -0.2) is 37.9 Å². The molecule has 1 heterocycles. The number of aryl methyl sites for hydroxylation is 1. The Labute approximate surface area is 136 Å². The van der Waals surface area contributed by atoms with E-state index in [4.69, 9.17) is 0 Å². The molecule has 1 aromatic heterocycles. The zero-order valence-corrected chi connectivity index (χ0v) is 13.5. The molecule has 0 spiro atoms. The van der Waals surface area contributed by atoms with Gasteiger partial charge in [0.2, 0.25) is 5.91 Å². The van der Waals surface area contributed by atoms with Crippen LogP contribution in [0, 0.1) is 23.7 Å². The minimum absolute atomic E-state index is 0.0346. The first-order chi connectivity index (χ1) is 11.1. The van der Waals surface area contributed by atoms with E-state index in [1.807, 2.05) is 0 Å². The third-order valence-electron chi connectivity index (χ3n) is 6.38. The van der Waals surface area contributed by atoms with Crippen LogP contribution in [0.15, 0.2) is 12.7 Å². The number of hydrogen-bond donors (Lipinski definition) is 2. The van der Waals surface area contributed by atoms with Gasteiger partial charge in [-0.1, -0.05) is 0 Å². The summed E-state index contributed by atoms with van der Waals surface area (Å²) >= 11 is 0. The molecule has 0 unspecified atom stereocenters. The topological polar surface area (TPSA) is 80.0 Å². The maximum atomic E-state index is 12.1. The molecule has 4 bridgehead atoms. The predicted molar refractivity (Wildman–Crippen MR) is 84.3 cm³/mol. The van der Waals surface area contributed by atoms with Gasteiger partial charge in [-0.3, -0.25) is 9.48 Å². The molecule has 6 nitrogen and oxygen atoms in total. The molecule has 4 fully saturated rings. The van der Waals surface area contributed by atoms with Crippen LogP contribution in [0.25, 0.3) is 0 Å². The molecular formula is C17H26N4O2. The Hall–Kier alpha value is -1.43. The van der Waals surface area contributed by atoms with Crippen LogP contribution in [0.4, 0.5) is 0 Å². The summed E-state index contributed by atoms with van der Waals surface area (Å²) in [7, 11) is 0. The monoisotopic (exact) mass is 318 g/mol. The minimum Gasteiger partial charge on any atom is -0.387 e. The van der Waals surface area contributed by atoms with E-state index < -0.39 is 5.60 Å². The molecule has 0 aromatic carbocycles. The maximum Gasteiger partial charge on any atom is 0.220 e. The van der Waals surface area contributed by atoms with Crippen molar-refractivity contribution in [3.05, 3.63) is 12.7 Å². The Balaban J connectivity index is 1.26. The number of aromatic nitrogens is 3. The first-order valence-corrected chi connectivity index (χ1v) is 8.95. The smallest absolute Gasteiger partial charge is 0.220 e. The molecule has 0 aliphatic heterocycles. The molecule has 2 N–H and O–H groups in total. The lowest BCUT2D eigenvalue weighted by Crippen LogP contribution is -2.62. The third kappa shape index (κ3) is 2.89. The molecule has 4 saturated carbocycles. The SMILES string of the molecule is O=C(CCCn1cncn1)NCC1(O)C2CC3CC(C2)CC1C3. The summed E-state index contributed by atoms with van der Waals surface area (Å²) in [5, 5.41) is 18.2. The number of nitrogens with one attached hydrogen (secondary N) is 1. The summed E-state index contributed by atoms with van der Waals surface area (Å²) in [5.74, 6) is 2.49. The minimum atomic E-state index is -0.658. The van der Waals surface area contributed by atoms with Crippen LogP contribution in [0.3, 0.4) is 0 Å². The lowest BCUT2D eigenvalue weighted by molar-refractivity contribution is -0.171. The average molecular weight is 318 g/mol. The first-order valence-electron chi connectivity index (χ1n) is 8.95. The largest absolute Gasteiger partial charge is 0.387 e. The lowest BCUT2D eigenvalue weighted by atomic mass is 9.50. The Kier molecular flexibility index (Phi) is 3.87. The summed E-state index contributed by atoms with van der Waals surface area (Å²) in [5.41, 5.74) is -0.658. The zero-order valence-electron chi connectivity index (χ0n) is 13.5. The van der Waals surface area contributed by atoms with Gasteiger partial charge in [0.15, 0.2) is 0 Å². The van der Waals surface area contributed by atoms with Gasteiger partial charge >= 0.3 is 0 Å². The van der Waals surface area contributed by atoms with Gasteiger partial charge in [0, 0.05) is 19.5 Å². The standard InChI is InChI=1S/C17H26N4O2/c22-16(2-1-3-21-11-18-10-20-21)19-9-17(23)14-5-12-4-13(7-14)8-15(17)6-12/h10-15,23H,1-9H2,(H,19,22). The molecule has 0 atom stereocenters. The molecule has 4 aliphatic carbocycles. The van der Waals surface area contributed by atoms with Crippen molar-refractivity contribution >= 4 is 5.91 Å². The van der Waals surface area contributed by atoms with Crippen LogP contribution < -0.4 is 5.32 Å². The van der Waals surface area contributed by atoms with Gasteiger partial charge in [0.1, 0.15) is 12.7 Å². The molecule has 0 saturated heterocycles. The van der Waals surface area contributed by atoms with Gasteiger partial charge in [-0.15, -0.1) is 0 Å². The summed E-state index contributed by atoms with van der Waals surface area (Å²) < 4.78 is 1.73. The number of carbonyl (C=O) groups is 1. The summed E-state index contributed by atoms with van der Waals surface area (Å²) in [6.07, 6.45) is 10.4. The second kappa shape index (κ2) is 5.89. The number of carbonyl (C=O) groups excluding carboxylic acids is 1. The van der Waals surface area contributed by atoms with Crippen molar-refractivity contribution in [1.82, 2.24) is 20.1 Å². The van der Waals surface area contributed by atoms with E-state index in [1.54, 1.807) is 11.0 Å². The normalized spacial score (nSPS) is 38.0. The van der Waals surface area contributed by atoms with Crippen molar-refractivity contribution in [2.24, 2.45) is 23.7 Å².